The highest BCUT2D eigenvalue weighted by atomic mass is 35.5. The SMILES string of the molecule is CN(C1CNC1)[C@@H]1CCOC1.Cl. The number of ether oxygens (including phenoxy) is 1. The lowest BCUT2D eigenvalue weighted by molar-refractivity contribution is 0.106. The third-order valence-corrected chi connectivity index (χ3v) is 2.82. The molecule has 72 valence electrons. The van der Waals surface area contributed by atoms with Gasteiger partial charge in [-0.25, -0.2) is 0 Å². The normalized spacial score (nSPS) is 30.0. The van der Waals surface area contributed by atoms with Gasteiger partial charge in [-0.2, -0.15) is 0 Å². The van der Waals surface area contributed by atoms with Gasteiger partial charge >= 0.3 is 0 Å². The van der Waals surface area contributed by atoms with Crippen molar-refractivity contribution >= 4 is 12.4 Å². The summed E-state index contributed by atoms with van der Waals surface area (Å²) in [6.07, 6.45) is 1.22. The largest absolute Gasteiger partial charge is 0.380 e. The number of rotatable bonds is 2. The molecule has 2 fully saturated rings. The standard InChI is InChI=1S/C8H16N2O.ClH/c1-10(8-4-9-5-8)7-2-3-11-6-7;/h7-9H,2-6H2,1H3;1H/t7-;/m1./s1. The van der Waals surface area contributed by atoms with Gasteiger partial charge in [0.25, 0.3) is 0 Å². The molecule has 0 aliphatic carbocycles. The van der Waals surface area contributed by atoms with Gasteiger partial charge in [-0.05, 0) is 13.5 Å². The minimum absolute atomic E-state index is 0. The Labute approximate surface area is 79.9 Å². The van der Waals surface area contributed by atoms with Gasteiger partial charge in [0.2, 0.25) is 0 Å². The lowest BCUT2D eigenvalue weighted by Crippen LogP contribution is -2.58. The van der Waals surface area contributed by atoms with E-state index < -0.39 is 0 Å². The minimum Gasteiger partial charge on any atom is -0.380 e. The summed E-state index contributed by atoms with van der Waals surface area (Å²) in [4.78, 5) is 2.46. The number of nitrogens with zero attached hydrogens (tertiary/aromatic N) is 1. The first kappa shape index (κ1) is 10.3. The average Bonchev–Trinajstić information content (AvgIpc) is 2.32. The van der Waals surface area contributed by atoms with Crippen LogP contribution >= 0.6 is 12.4 Å². The molecule has 0 aromatic heterocycles. The van der Waals surface area contributed by atoms with Gasteiger partial charge in [0.1, 0.15) is 0 Å². The van der Waals surface area contributed by atoms with E-state index in [0.29, 0.717) is 6.04 Å². The Hall–Kier alpha value is 0.170. The number of hydrogen-bond acceptors (Lipinski definition) is 3. The van der Waals surface area contributed by atoms with Gasteiger partial charge in [0, 0.05) is 31.8 Å². The van der Waals surface area contributed by atoms with Crippen molar-refractivity contribution in [3.63, 3.8) is 0 Å². The third-order valence-electron chi connectivity index (χ3n) is 2.82. The van der Waals surface area contributed by atoms with Crippen LogP contribution in [0.15, 0.2) is 0 Å². The van der Waals surface area contributed by atoms with Crippen molar-refractivity contribution in [3.05, 3.63) is 0 Å². The molecule has 0 radical (unpaired) electrons. The van der Waals surface area contributed by atoms with Gasteiger partial charge in [-0.15, -0.1) is 12.4 Å². The highest BCUT2D eigenvalue weighted by Crippen LogP contribution is 2.14. The van der Waals surface area contributed by atoms with Gasteiger partial charge in [-0.3, -0.25) is 4.90 Å². The lowest BCUT2D eigenvalue weighted by atomic mass is 10.1. The van der Waals surface area contributed by atoms with Crippen LogP contribution in [0.25, 0.3) is 0 Å². The Morgan fingerprint density at radius 3 is 2.50 bits per heavy atom. The van der Waals surface area contributed by atoms with E-state index in [1.54, 1.807) is 0 Å². The zero-order valence-electron chi connectivity index (χ0n) is 7.45. The van der Waals surface area contributed by atoms with Crippen molar-refractivity contribution < 1.29 is 4.74 Å². The van der Waals surface area contributed by atoms with Crippen LogP contribution in [0.5, 0.6) is 0 Å². The zero-order chi connectivity index (χ0) is 7.68. The molecule has 0 amide bonds. The first-order chi connectivity index (χ1) is 5.38. The topological polar surface area (TPSA) is 24.5 Å². The van der Waals surface area contributed by atoms with E-state index in [0.717, 1.165) is 32.3 Å². The van der Waals surface area contributed by atoms with Crippen molar-refractivity contribution in [3.8, 4) is 0 Å². The summed E-state index contributed by atoms with van der Waals surface area (Å²) in [6, 6.07) is 1.45. The van der Waals surface area contributed by atoms with Crippen LogP contribution in [-0.2, 0) is 4.74 Å². The summed E-state index contributed by atoms with van der Waals surface area (Å²) in [6.45, 7) is 4.21. The molecule has 0 bridgehead atoms. The Balaban J connectivity index is 0.000000720. The van der Waals surface area contributed by atoms with Crippen LogP contribution in [0.3, 0.4) is 0 Å². The van der Waals surface area contributed by atoms with Gasteiger partial charge in [0.05, 0.1) is 6.61 Å². The fraction of sp³-hybridized carbons (Fsp3) is 1.00. The Morgan fingerprint density at radius 1 is 1.33 bits per heavy atom. The van der Waals surface area contributed by atoms with E-state index in [2.05, 4.69) is 17.3 Å². The highest BCUT2D eigenvalue weighted by molar-refractivity contribution is 5.85. The summed E-state index contributed by atoms with van der Waals surface area (Å²) in [7, 11) is 2.21. The quantitative estimate of drug-likeness (QED) is 0.672. The molecule has 2 aliphatic heterocycles. The predicted molar refractivity (Wildman–Crippen MR) is 50.9 cm³/mol. The molecule has 2 aliphatic rings. The minimum atomic E-state index is 0. The first-order valence-corrected chi connectivity index (χ1v) is 4.38. The van der Waals surface area contributed by atoms with Crippen LogP contribution in [0.4, 0.5) is 0 Å². The summed E-state index contributed by atoms with van der Waals surface area (Å²) in [5.41, 5.74) is 0. The molecule has 4 heteroatoms. The van der Waals surface area contributed by atoms with Crippen LogP contribution < -0.4 is 5.32 Å². The molecule has 0 aromatic carbocycles. The van der Waals surface area contributed by atoms with Gasteiger partial charge in [0.15, 0.2) is 0 Å². The smallest absolute Gasteiger partial charge is 0.0622 e. The third kappa shape index (κ3) is 1.91. The molecule has 12 heavy (non-hydrogen) atoms. The Morgan fingerprint density at radius 2 is 2.08 bits per heavy atom. The van der Waals surface area contributed by atoms with Crippen molar-refractivity contribution in [2.45, 2.75) is 18.5 Å². The van der Waals surface area contributed by atoms with E-state index in [4.69, 9.17) is 4.74 Å². The van der Waals surface area contributed by atoms with E-state index in [1.807, 2.05) is 0 Å². The van der Waals surface area contributed by atoms with Crippen LogP contribution in [0.2, 0.25) is 0 Å². The molecule has 2 saturated heterocycles. The molecule has 0 saturated carbocycles. The molecule has 1 N–H and O–H groups in total. The van der Waals surface area contributed by atoms with E-state index >= 15 is 0 Å². The van der Waals surface area contributed by atoms with Crippen molar-refractivity contribution in [1.82, 2.24) is 10.2 Å². The molecule has 2 rings (SSSR count). The maximum Gasteiger partial charge on any atom is 0.0622 e. The van der Waals surface area contributed by atoms with E-state index in [1.165, 1.54) is 6.42 Å². The molecule has 3 nitrogen and oxygen atoms in total. The molecule has 0 unspecified atom stereocenters. The Bertz CT molecular complexity index is 135. The van der Waals surface area contributed by atoms with Crippen LogP contribution in [-0.4, -0.2) is 50.3 Å². The number of nitrogens with one attached hydrogen (secondary N) is 1. The second kappa shape index (κ2) is 4.42. The average molecular weight is 193 g/mol. The molecule has 0 spiro atoms. The second-order valence-corrected chi connectivity index (χ2v) is 3.49. The number of halogens is 1. The summed E-state index contributed by atoms with van der Waals surface area (Å²) in [5.74, 6) is 0. The maximum atomic E-state index is 5.33. The zero-order valence-corrected chi connectivity index (χ0v) is 8.27. The predicted octanol–water partition coefficient (Wildman–Crippen LogP) is 0.101. The fourth-order valence-electron chi connectivity index (χ4n) is 1.70. The van der Waals surface area contributed by atoms with Crippen molar-refractivity contribution in [2.24, 2.45) is 0 Å². The highest BCUT2D eigenvalue weighted by Gasteiger charge is 2.29. The summed E-state index contributed by atoms with van der Waals surface area (Å²) < 4.78 is 5.33. The van der Waals surface area contributed by atoms with Crippen LogP contribution in [0, 0.1) is 0 Å². The Kier molecular flexibility index (Phi) is 3.77. The maximum absolute atomic E-state index is 5.33. The van der Waals surface area contributed by atoms with Crippen LogP contribution in [0.1, 0.15) is 6.42 Å². The summed E-state index contributed by atoms with van der Waals surface area (Å²) >= 11 is 0. The first-order valence-electron chi connectivity index (χ1n) is 4.38. The van der Waals surface area contributed by atoms with Crippen molar-refractivity contribution in [2.75, 3.05) is 33.4 Å². The monoisotopic (exact) mass is 192 g/mol. The molecule has 1 atom stereocenters. The number of hydrogen-bond donors (Lipinski definition) is 1. The fourth-order valence-corrected chi connectivity index (χ4v) is 1.70. The van der Waals surface area contributed by atoms with E-state index in [9.17, 15) is 0 Å². The van der Waals surface area contributed by atoms with Crippen molar-refractivity contribution in [1.29, 1.82) is 0 Å². The summed E-state index contributed by atoms with van der Waals surface area (Å²) in [5, 5.41) is 3.28. The molecular weight excluding hydrogens is 176 g/mol. The second-order valence-electron chi connectivity index (χ2n) is 3.49. The van der Waals surface area contributed by atoms with Gasteiger partial charge < -0.3 is 10.1 Å². The lowest BCUT2D eigenvalue weighted by Gasteiger charge is -2.38. The molecule has 2 heterocycles. The number of likely N-dealkylation sites (N-methyl/N-ethyl adjacent to an activating group) is 1. The van der Waals surface area contributed by atoms with E-state index in [-0.39, 0.29) is 12.4 Å². The molecular formula is C8H17ClN2O. The molecule has 0 aromatic rings. The van der Waals surface area contributed by atoms with Gasteiger partial charge in [-0.1, -0.05) is 0 Å².